The Balaban J connectivity index is 0. The third kappa shape index (κ3) is 17.8. The average molecular weight is 392 g/mol. The van der Waals surface area contributed by atoms with E-state index in [1.807, 2.05) is 20.8 Å². The lowest BCUT2D eigenvalue weighted by molar-refractivity contribution is 0.0181. The second-order valence-electron chi connectivity index (χ2n) is 6.01. The summed E-state index contributed by atoms with van der Waals surface area (Å²) >= 11 is -1.96. The Hall–Kier alpha value is 0.357. The topological polar surface area (TPSA) is 55.4 Å². The number of hydrogen-bond acceptors (Lipinski definition) is 6. The van der Waals surface area contributed by atoms with Gasteiger partial charge in [-0.05, 0) is 60.8 Å². The molecule has 6 nitrogen and oxygen atoms in total. The first-order chi connectivity index (χ1) is 12.4. The Morgan fingerprint density at radius 3 is 1.04 bits per heavy atom. The van der Waals surface area contributed by atoms with Crippen molar-refractivity contribution in [2.75, 3.05) is 19.8 Å². The molecule has 3 unspecified atom stereocenters. The van der Waals surface area contributed by atoms with E-state index in [1.165, 1.54) is 0 Å². The second kappa shape index (κ2) is 20.1. The minimum Gasteiger partial charge on any atom is -0.452 e. The lowest BCUT2D eigenvalue weighted by atomic mass is 10.2. The molecule has 8 heteroatoms. The highest BCUT2D eigenvalue weighted by Gasteiger charge is 2.35. The van der Waals surface area contributed by atoms with E-state index >= 15 is 0 Å². The van der Waals surface area contributed by atoms with Crippen LogP contribution in [0.4, 0.5) is 0 Å². The summed E-state index contributed by atoms with van der Waals surface area (Å²) in [7, 11) is -0.472. The van der Waals surface area contributed by atoms with Crippen LogP contribution in [-0.4, -0.2) is 60.6 Å². The van der Waals surface area contributed by atoms with Gasteiger partial charge in [0.2, 0.25) is 0 Å². The summed E-state index contributed by atoms with van der Waals surface area (Å²) in [6, 6.07) is 0. The van der Waals surface area contributed by atoms with Gasteiger partial charge in [-0.3, -0.25) is 0 Å². The van der Waals surface area contributed by atoms with Gasteiger partial charge in [-0.25, -0.2) is 0 Å². The predicted octanol–water partition coefficient (Wildman–Crippen LogP) is 4.50. The van der Waals surface area contributed by atoms with Gasteiger partial charge in [0.25, 0.3) is 0 Å². The van der Waals surface area contributed by atoms with E-state index in [2.05, 4.69) is 41.5 Å². The molecule has 0 spiro atoms. The van der Waals surface area contributed by atoms with Crippen molar-refractivity contribution in [3.63, 3.8) is 0 Å². The van der Waals surface area contributed by atoms with Crippen molar-refractivity contribution in [2.24, 2.45) is 0 Å². The Bertz CT molecular complexity index is 246. The molecule has 0 fully saturated rings. The molecule has 0 aromatic rings. The number of hydrogen-bond donors (Lipinski definition) is 0. The van der Waals surface area contributed by atoms with Crippen LogP contribution in [0.2, 0.25) is 0 Å². The summed E-state index contributed by atoms with van der Waals surface area (Å²) in [5.74, 6) is 0. The first kappa shape index (κ1) is 28.6. The van der Waals surface area contributed by atoms with Gasteiger partial charge in [-0.2, -0.15) is 0 Å². The van der Waals surface area contributed by atoms with Crippen LogP contribution in [0.25, 0.3) is 0 Å². The predicted molar refractivity (Wildman–Crippen MR) is 109 cm³/mol. The largest absolute Gasteiger partial charge is 0.906 e. The highest BCUT2D eigenvalue weighted by atomic mass is 27.3. The van der Waals surface area contributed by atoms with E-state index in [1.54, 1.807) is 0 Å². The monoisotopic (exact) mass is 392 g/mol. The first-order valence-corrected chi connectivity index (χ1v) is 11.6. The molecule has 0 amide bonds. The fourth-order valence-electron chi connectivity index (χ4n) is 1.51. The molecule has 0 aromatic heterocycles. The van der Waals surface area contributed by atoms with Crippen LogP contribution >= 0.6 is 0 Å². The molecular weight excluding hydrogens is 350 g/mol. The molecule has 0 N–H and O–H groups in total. The zero-order valence-electron chi connectivity index (χ0n) is 18.6. The normalized spacial score (nSPS) is 14.2. The van der Waals surface area contributed by atoms with Crippen molar-refractivity contribution < 1.29 is 25.3 Å². The van der Waals surface area contributed by atoms with Crippen LogP contribution < -0.4 is 0 Å². The van der Waals surface area contributed by atoms with Crippen molar-refractivity contribution in [1.82, 2.24) is 0 Å². The summed E-state index contributed by atoms with van der Waals surface area (Å²) in [6.45, 7) is 20.1. The lowest BCUT2D eigenvalue weighted by Crippen LogP contribution is -2.36. The maximum absolute atomic E-state index is 5.84. The third-order valence-electron chi connectivity index (χ3n) is 3.66. The molecular formula is C18H42AlBO6. The quantitative estimate of drug-likeness (QED) is 0.383. The molecule has 0 aliphatic heterocycles. The Morgan fingerprint density at radius 1 is 0.577 bits per heavy atom. The van der Waals surface area contributed by atoms with Gasteiger partial charge in [0.05, 0.1) is 0 Å². The van der Waals surface area contributed by atoms with Gasteiger partial charge < -0.3 is 25.3 Å². The molecule has 0 aliphatic carbocycles. The highest BCUT2D eigenvalue weighted by Crippen LogP contribution is 2.09. The maximum atomic E-state index is 5.84. The van der Waals surface area contributed by atoms with Crippen LogP contribution in [-0.2, 0) is 25.3 Å². The van der Waals surface area contributed by atoms with E-state index in [0.717, 1.165) is 19.3 Å². The van der Waals surface area contributed by atoms with E-state index in [-0.39, 0.29) is 18.3 Å². The third-order valence-corrected chi connectivity index (χ3v) is 5.72. The van der Waals surface area contributed by atoms with Crippen LogP contribution in [0.5, 0.6) is 0 Å². The first-order valence-electron chi connectivity index (χ1n) is 10.2. The van der Waals surface area contributed by atoms with Crippen LogP contribution in [0, 0.1) is 0 Å². The highest BCUT2D eigenvalue weighted by molar-refractivity contribution is 6.36. The van der Waals surface area contributed by atoms with Gasteiger partial charge >= 0.3 is 22.5 Å². The fourth-order valence-corrected chi connectivity index (χ4v) is 3.41. The minimum absolute atomic E-state index is 0.227. The van der Waals surface area contributed by atoms with Crippen LogP contribution in [0.1, 0.15) is 81.6 Å². The van der Waals surface area contributed by atoms with Crippen molar-refractivity contribution in [1.29, 1.82) is 0 Å². The summed E-state index contributed by atoms with van der Waals surface area (Å²) in [6.07, 6.45) is 3.67. The minimum atomic E-state index is -1.96. The van der Waals surface area contributed by atoms with Crippen molar-refractivity contribution >= 4 is 22.5 Å². The molecule has 3 atom stereocenters. The summed E-state index contributed by atoms with van der Waals surface area (Å²) in [5, 5.41) is 0. The van der Waals surface area contributed by atoms with E-state index in [9.17, 15) is 0 Å². The van der Waals surface area contributed by atoms with Gasteiger partial charge in [-0.1, -0.05) is 20.8 Å². The smallest absolute Gasteiger partial charge is 0.452 e. The van der Waals surface area contributed by atoms with Crippen LogP contribution in [0.3, 0.4) is 0 Å². The van der Waals surface area contributed by atoms with Gasteiger partial charge in [0.1, 0.15) is 0 Å². The van der Waals surface area contributed by atoms with Gasteiger partial charge in [-0.15, -0.1) is 0 Å². The fraction of sp³-hybridized carbons (Fsp3) is 1.00. The zero-order valence-corrected chi connectivity index (χ0v) is 19.7. The molecule has 0 aromatic carbocycles. The molecule has 156 valence electrons. The van der Waals surface area contributed by atoms with Crippen molar-refractivity contribution in [3.05, 3.63) is 0 Å². The van der Waals surface area contributed by atoms with Gasteiger partial charge in [0, 0.05) is 38.1 Å². The van der Waals surface area contributed by atoms with Gasteiger partial charge in [0.15, 0.2) is 0 Å². The molecule has 0 radical (unpaired) electrons. The van der Waals surface area contributed by atoms with E-state index in [0.29, 0.717) is 19.8 Å². The Morgan fingerprint density at radius 2 is 0.846 bits per heavy atom. The van der Waals surface area contributed by atoms with E-state index < -0.39 is 22.5 Å². The van der Waals surface area contributed by atoms with E-state index in [4.69, 9.17) is 25.3 Å². The van der Waals surface area contributed by atoms with Crippen LogP contribution in [0.15, 0.2) is 0 Å². The molecule has 0 heterocycles. The lowest BCUT2D eigenvalue weighted by Gasteiger charge is -2.23. The van der Waals surface area contributed by atoms with Crippen molar-refractivity contribution in [2.45, 2.75) is 99.9 Å². The Kier molecular flexibility index (Phi) is 22.1. The zero-order chi connectivity index (χ0) is 20.4. The number of rotatable bonds is 15. The second-order valence-corrected chi connectivity index (χ2v) is 7.40. The molecule has 26 heavy (non-hydrogen) atoms. The average Bonchev–Trinajstić information content (AvgIpc) is 2.62. The SMILES string of the molecule is CCC(C)[O][Al]([O]C(C)CC)[O]C(C)CC.CCOB(OCC)OCC. The molecule has 0 aliphatic rings. The standard InChI is InChI=1S/C6H15BO3.3C4H9O.Al/c1-4-8-7(9-5-2)10-6-3;3*1-3-4(2)5;/h4-6H2,1-3H3;3*4H,3H2,1-2H3;/q;3*-1;+3. The molecule has 0 saturated carbocycles. The molecule has 0 rings (SSSR count). The van der Waals surface area contributed by atoms with Crippen molar-refractivity contribution in [3.8, 4) is 0 Å². The summed E-state index contributed by atoms with van der Waals surface area (Å²) in [4.78, 5) is 0. The summed E-state index contributed by atoms with van der Waals surface area (Å²) < 4.78 is 32.8. The maximum Gasteiger partial charge on any atom is 0.906 e. The molecule has 0 bridgehead atoms. The summed E-state index contributed by atoms with van der Waals surface area (Å²) in [5.41, 5.74) is 0. The Labute approximate surface area is 167 Å². The molecule has 0 saturated heterocycles.